The molecule has 0 saturated carbocycles. The van der Waals surface area contributed by atoms with Crippen LogP contribution < -0.4 is 9.47 Å². The van der Waals surface area contributed by atoms with Crippen molar-refractivity contribution in [1.29, 1.82) is 0 Å². The summed E-state index contributed by atoms with van der Waals surface area (Å²) in [5, 5.41) is 3.60. The third-order valence-corrected chi connectivity index (χ3v) is 3.55. The van der Waals surface area contributed by atoms with E-state index in [2.05, 4.69) is 9.99 Å². The number of benzene rings is 1. The Bertz CT molecular complexity index is 571. The molecular weight excluding hydrogens is 330 g/mol. The average molecular weight is 361 g/mol. The molecule has 0 saturated heterocycles. The van der Waals surface area contributed by atoms with E-state index in [1.165, 1.54) is 7.11 Å². The van der Waals surface area contributed by atoms with Crippen molar-refractivity contribution in [3.8, 4) is 11.5 Å². The Balaban J connectivity index is 2.24. The Morgan fingerprint density at radius 3 is 2.38 bits per heavy atom. The lowest BCUT2D eigenvalue weighted by molar-refractivity contribution is 0.152. The van der Waals surface area contributed by atoms with E-state index >= 15 is 0 Å². The second-order valence-corrected chi connectivity index (χ2v) is 5.76. The highest BCUT2D eigenvalue weighted by Gasteiger charge is 2.07. The zero-order valence-electron chi connectivity index (χ0n) is 16.4. The molecule has 0 radical (unpaired) electrons. The number of rotatable bonds is 13. The van der Waals surface area contributed by atoms with Crippen molar-refractivity contribution in [2.75, 3.05) is 33.5 Å². The Morgan fingerprint density at radius 1 is 0.962 bits per heavy atom. The molecule has 1 aromatic rings. The molecule has 5 nitrogen and oxygen atoms in total. The number of hydrogen-bond donors (Lipinski definition) is 0. The zero-order valence-corrected chi connectivity index (χ0v) is 16.4. The first kappa shape index (κ1) is 21.8. The van der Waals surface area contributed by atoms with Gasteiger partial charge in [0.1, 0.15) is 25.2 Å². The number of allylic oxidation sites excluding steroid dienone is 2. The van der Waals surface area contributed by atoms with E-state index in [9.17, 15) is 0 Å². The summed E-state index contributed by atoms with van der Waals surface area (Å²) >= 11 is 0. The molecule has 26 heavy (non-hydrogen) atoms. The monoisotopic (exact) mass is 361 g/mol. The van der Waals surface area contributed by atoms with Gasteiger partial charge in [-0.25, -0.2) is 0 Å². The summed E-state index contributed by atoms with van der Waals surface area (Å²) in [5.41, 5.74) is 2.19. The summed E-state index contributed by atoms with van der Waals surface area (Å²) in [4.78, 5) is 4.55. The molecule has 0 aliphatic carbocycles. The number of unbranched alkanes of at least 4 members (excludes halogenated alkanes) is 1. The van der Waals surface area contributed by atoms with Crippen LogP contribution in [0.2, 0.25) is 0 Å². The Morgan fingerprint density at radius 2 is 1.69 bits per heavy atom. The molecule has 0 aliphatic heterocycles. The van der Waals surface area contributed by atoms with Crippen molar-refractivity contribution < 1.29 is 19.0 Å². The summed E-state index contributed by atoms with van der Waals surface area (Å²) in [6, 6.07) is 4.04. The van der Waals surface area contributed by atoms with E-state index in [1.807, 2.05) is 51.1 Å². The van der Waals surface area contributed by atoms with Gasteiger partial charge in [-0.05, 0) is 62.9 Å². The number of aryl methyl sites for hydroxylation is 2. The average Bonchev–Trinajstić information content (AvgIpc) is 2.62. The minimum Gasteiger partial charge on any atom is -0.493 e. The van der Waals surface area contributed by atoms with E-state index < -0.39 is 0 Å². The van der Waals surface area contributed by atoms with Gasteiger partial charge in [0.05, 0.1) is 19.4 Å². The van der Waals surface area contributed by atoms with Gasteiger partial charge < -0.3 is 19.0 Å². The molecule has 0 unspecified atom stereocenters. The second kappa shape index (κ2) is 14.0. The summed E-state index contributed by atoms with van der Waals surface area (Å²) in [5.74, 6) is 1.83. The molecule has 0 atom stereocenters. The summed E-state index contributed by atoms with van der Waals surface area (Å²) in [7, 11) is 1.51. The van der Waals surface area contributed by atoms with Gasteiger partial charge in [-0.1, -0.05) is 23.4 Å². The quantitative estimate of drug-likeness (QED) is 0.223. The number of hydrogen-bond acceptors (Lipinski definition) is 5. The fourth-order valence-electron chi connectivity index (χ4n) is 2.31. The van der Waals surface area contributed by atoms with Crippen molar-refractivity contribution in [3.05, 3.63) is 47.6 Å². The van der Waals surface area contributed by atoms with Crippen LogP contribution in [0.25, 0.3) is 0 Å². The van der Waals surface area contributed by atoms with E-state index in [-0.39, 0.29) is 0 Å². The van der Waals surface area contributed by atoms with Crippen LogP contribution in [0, 0.1) is 13.8 Å². The van der Waals surface area contributed by atoms with E-state index in [4.69, 9.17) is 14.2 Å². The van der Waals surface area contributed by atoms with Crippen LogP contribution in [0.15, 0.2) is 41.6 Å². The van der Waals surface area contributed by atoms with E-state index in [0.717, 1.165) is 35.5 Å². The summed E-state index contributed by atoms with van der Waals surface area (Å²) in [6.07, 6.45) is 11.2. The molecule has 0 N–H and O–H groups in total. The van der Waals surface area contributed by atoms with Crippen LogP contribution in [0.1, 0.15) is 30.9 Å². The van der Waals surface area contributed by atoms with Crippen LogP contribution in [-0.2, 0) is 9.57 Å². The Hall–Kier alpha value is -2.27. The third kappa shape index (κ3) is 9.28. The highest BCUT2D eigenvalue weighted by atomic mass is 16.6. The van der Waals surface area contributed by atoms with Gasteiger partial charge in [-0.2, -0.15) is 0 Å². The van der Waals surface area contributed by atoms with Crippen LogP contribution >= 0.6 is 0 Å². The van der Waals surface area contributed by atoms with E-state index in [0.29, 0.717) is 26.4 Å². The smallest absolute Gasteiger partial charge is 0.125 e. The van der Waals surface area contributed by atoms with Crippen molar-refractivity contribution >= 4 is 6.21 Å². The third-order valence-electron chi connectivity index (χ3n) is 3.55. The molecule has 0 fully saturated rings. The van der Waals surface area contributed by atoms with Crippen LogP contribution in [-0.4, -0.2) is 39.8 Å². The molecular formula is C21H31NO4. The summed E-state index contributed by atoms with van der Waals surface area (Å²) in [6.45, 7) is 8.63. The van der Waals surface area contributed by atoms with Crippen LogP contribution in [0.5, 0.6) is 11.5 Å². The lowest BCUT2D eigenvalue weighted by atomic mass is 10.1. The molecule has 144 valence electrons. The second-order valence-electron chi connectivity index (χ2n) is 5.76. The largest absolute Gasteiger partial charge is 0.493 e. The standard InChI is InChI=1S/C21H31NO4/c1-5-6-14-25-20-16-18(2)21(19(3)17-20)26-15-10-9-13-24-12-8-7-11-22-23-4/h5-8,11,16-17H,9-10,12-15H2,1-4H3/b6-5+,8-7+,22-11+. The molecule has 0 aromatic heterocycles. The molecule has 0 aliphatic rings. The van der Waals surface area contributed by atoms with Crippen molar-refractivity contribution in [2.45, 2.75) is 33.6 Å². The summed E-state index contributed by atoms with van der Waals surface area (Å²) < 4.78 is 17.2. The van der Waals surface area contributed by atoms with Gasteiger partial charge in [-0.15, -0.1) is 0 Å². The van der Waals surface area contributed by atoms with E-state index in [1.54, 1.807) is 12.3 Å². The Kier molecular flexibility index (Phi) is 11.7. The van der Waals surface area contributed by atoms with Gasteiger partial charge in [0.15, 0.2) is 0 Å². The first-order chi connectivity index (χ1) is 12.7. The predicted octanol–water partition coefficient (Wildman–Crippen LogP) is 4.62. The number of nitrogens with zero attached hydrogens (tertiary/aromatic N) is 1. The minimum absolute atomic E-state index is 0.573. The highest BCUT2D eigenvalue weighted by molar-refractivity contribution is 5.70. The molecule has 1 rings (SSSR count). The molecule has 0 bridgehead atoms. The van der Waals surface area contributed by atoms with Crippen molar-refractivity contribution in [1.82, 2.24) is 0 Å². The van der Waals surface area contributed by atoms with Crippen LogP contribution in [0.4, 0.5) is 0 Å². The first-order valence-electron chi connectivity index (χ1n) is 8.96. The molecule has 0 heterocycles. The fraction of sp³-hybridized carbons (Fsp3) is 0.476. The first-order valence-corrected chi connectivity index (χ1v) is 8.96. The van der Waals surface area contributed by atoms with Gasteiger partial charge in [-0.3, -0.25) is 0 Å². The van der Waals surface area contributed by atoms with Crippen molar-refractivity contribution in [2.24, 2.45) is 5.16 Å². The van der Waals surface area contributed by atoms with Gasteiger partial charge >= 0.3 is 0 Å². The molecule has 0 amide bonds. The molecule has 0 spiro atoms. The highest BCUT2D eigenvalue weighted by Crippen LogP contribution is 2.28. The maximum Gasteiger partial charge on any atom is 0.125 e. The lowest BCUT2D eigenvalue weighted by Gasteiger charge is -2.14. The van der Waals surface area contributed by atoms with Crippen molar-refractivity contribution in [3.63, 3.8) is 0 Å². The topological polar surface area (TPSA) is 49.3 Å². The SMILES string of the molecule is C/C=C/COc1cc(C)c(OCCCCOC/C=C/C=N/OC)c(C)c1. The minimum atomic E-state index is 0.573. The number of ether oxygens (including phenoxy) is 3. The van der Waals surface area contributed by atoms with Crippen LogP contribution in [0.3, 0.4) is 0 Å². The van der Waals surface area contributed by atoms with Gasteiger partial charge in [0, 0.05) is 6.61 Å². The molecule has 5 heteroatoms. The fourth-order valence-corrected chi connectivity index (χ4v) is 2.31. The maximum atomic E-state index is 5.95. The van der Waals surface area contributed by atoms with Gasteiger partial charge in [0.25, 0.3) is 0 Å². The predicted molar refractivity (Wildman–Crippen MR) is 106 cm³/mol. The normalized spacial score (nSPS) is 11.7. The zero-order chi connectivity index (χ0) is 19.0. The van der Waals surface area contributed by atoms with Gasteiger partial charge in [0.2, 0.25) is 0 Å². The number of oxime groups is 1. The Labute approximate surface area is 157 Å². The molecule has 1 aromatic carbocycles. The maximum absolute atomic E-state index is 5.95. The lowest BCUT2D eigenvalue weighted by Crippen LogP contribution is -2.04.